The number of hydrogen-bond donors (Lipinski definition) is 1. The molecule has 1 rings (SSSR count). The highest BCUT2D eigenvalue weighted by Crippen LogP contribution is 2.26. The van der Waals surface area contributed by atoms with Crippen molar-refractivity contribution in [2.75, 3.05) is 13.2 Å². The Morgan fingerprint density at radius 3 is 2.28 bits per heavy atom. The second-order valence-corrected chi connectivity index (χ2v) is 5.63. The van der Waals surface area contributed by atoms with Crippen LogP contribution in [0.4, 0.5) is 0 Å². The molecule has 1 atom stereocenters. The normalized spacial score (nSPS) is 12.8. The number of aryl methyl sites for hydroxylation is 2. The third-order valence-corrected chi connectivity index (χ3v) is 3.26. The molecule has 2 heteroatoms. The lowest BCUT2D eigenvalue weighted by Crippen LogP contribution is -2.30. The van der Waals surface area contributed by atoms with Gasteiger partial charge < -0.3 is 10.1 Å². The Morgan fingerprint density at radius 2 is 1.67 bits per heavy atom. The summed E-state index contributed by atoms with van der Waals surface area (Å²) in [6.45, 7) is 14.7. The van der Waals surface area contributed by atoms with Gasteiger partial charge in [-0.3, -0.25) is 0 Å². The predicted octanol–water partition coefficient (Wildman–Crippen LogP) is 3.62. The second kappa shape index (κ2) is 6.79. The standard InChI is InChI=1S/C16H27NO/c1-11(2)17-9-12(3)10-18-16-14(5)8-7-13(4)15(16)6/h7-8,11-12,17H,9-10H2,1-6H3. The molecule has 0 saturated carbocycles. The zero-order valence-corrected chi connectivity index (χ0v) is 12.6. The van der Waals surface area contributed by atoms with Gasteiger partial charge >= 0.3 is 0 Å². The third-order valence-electron chi connectivity index (χ3n) is 3.26. The summed E-state index contributed by atoms with van der Waals surface area (Å²) in [5.74, 6) is 1.58. The molecule has 102 valence electrons. The summed E-state index contributed by atoms with van der Waals surface area (Å²) >= 11 is 0. The molecular weight excluding hydrogens is 222 g/mol. The van der Waals surface area contributed by atoms with E-state index in [-0.39, 0.29) is 0 Å². The van der Waals surface area contributed by atoms with Crippen LogP contribution in [0.3, 0.4) is 0 Å². The summed E-state index contributed by atoms with van der Waals surface area (Å²) in [5.41, 5.74) is 3.78. The first-order valence-corrected chi connectivity index (χ1v) is 6.84. The maximum Gasteiger partial charge on any atom is 0.125 e. The monoisotopic (exact) mass is 249 g/mol. The van der Waals surface area contributed by atoms with Gasteiger partial charge in [-0.25, -0.2) is 0 Å². The molecule has 1 unspecified atom stereocenters. The highest BCUT2D eigenvalue weighted by Gasteiger charge is 2.09. The average Bonchev–Trinajstić information content (AvgIpc) is 2.31. The molecule has 1 aromatic rings. The van der Waals surface area contributed by atoms with Crippen LogP contribution in [-0.4, -0.2) is 19.2 Å². The van der Waals surface area contributed by atoms with E-state index in [0.29, 0.717) is 12.0 Å². The lowest BCUT2D eigenvalue weighted by atomic mass is 10.1. The summed E-state index contributed by atoms with van der Waals surface area (Å²) in [6.07, 6.45) is 0. The molecule has 2 nitrogen and oxygen atoms in total. The molecule has 0 aliphatic carbocycles. The average molecular weight is 249 g/mol. The van der Waals surface area contributed by atoms with E-state index in [1.54, 1.807) is 0 Å². The van der Waals surface area contributed by atoms with Gasteiger partial charge in [0.1, 0.15) is 5.75 Å². The molecule has 0 radical (unpaired) electrons. The van der Waals surface area contributed by atoms with E-state index in [2.05, 4.69) is 59.0 Å². The Labute approximate surface area is 112 Å². The van der Waals surface area contributed by atoms with Crippen molar-refractivity contribution in [1.29, 1.82) is 0 Å². The summed E-state index contributed by atoms with van der Waals surface area (Å²) in [7, 11) is 0. The van der Waals surface area contributed by atoms with E-state index in [0.717, 1.165) is 18.9 Å². The van der Waals surface area contributed by atoms with E-state index < -0.39 is 0 Å². The number of benzene rings is 1. The Morgan fingerprint density at radius 1 is 1.06 bits per heavy atom. The van der Waals surface area contributed by atoms with Gasteiger partial charge in [0.05, 0.1) is 6.61 Å². The quantitative estimate of drug-likeness (QED) is 0.831. The van der Waals surface area contributed by atoms with Crippen LogP contribution in [0.15, 0.2) is 12.1 Å². The van der Waals surface area contributed by atoms with E-state index in [4.69, 9.17) is 4.74 Å². The molecule has 1 N–H and O–H groups in total. The summed E-state index contributed by atoms with van der Waals surface area (Å²) in [6, 6.07) is 4.82. The molecule has 0 bridgehead atoms. The Kier molecular flexibility index (Phi) is 5.67. The van der Waals surface area contributed by atoms with E-state index in [9.17, 15) is 0 Å². The SMILES string of the molecule is Cc1ccc(C)c(OCC(C)CNC(C)C)c1C. The van der Waals surface area contributed by atoms with Gasteiger partial charge in [0.25, 0.3) is 0 Å². The molecule has 0 heterocycles. The molecular formula is C16H27NO. The molecule has 18 heavy (non-hydrogen) atoms. The molecule has 0 aromatic heterocycles. The highest BCUT2D eigenvalue weighted by molar-refractivity contribution is 5.44. The van der Waals surface area contributed by atoms with Crippen LogP contribution in [-0.2, 0) is 0 Å². The zero-order valence-electron chi connectivity index (χ0n) is 12.6. The van der Waals surface area contributed by atoms with Gasteiger partial charge in [0.2, 0.25) is 0 Å². The number of rotatable bonds is 6. The maximum absolute atomic E-state index is 6.00. The second-order valence-electron chi connectivity index (χ2n) is 5.63. The summed E-state index contributed by atoms with van der Waals surface area (Å²) < 4.78 is 6.00. The molecule has 0 spiro atoms. The molecule has 0 saturated heterocycles. The van der Waals surface area contributed by atoms with Crippen molar-refractivity contribution in [1.82, 2.24) is 5.32 Å². The number of nitrogens with one attached hydrogen (secondary N) is 1. The van der Waals surface area contributed by atoms with Crippen molar-refractivity contribution in [2.24, 2.45) is 5.92 Å². The van der Waals surface area contributed by atoms with Crippen molar-refractivity contribution in [2.45, 2.75) is 47.6 Å². The minimum absolute atomic E-state index is 0.520. The predicted molar refractivity (Wildman–Crippen MR) is 78.5 cm³/mol. The fraction of sp³-hybridized carbons (Fsp3) is 0.625. The topological polar surface area (TPSA) is 21.3 Å². The first kappa shape index (κ1) is 15.0. The van der Waals surface area contributed by atoms with Gasteiger partial charge in [0, 0.05) is 18.5 Å². The summed E-state index contributed by atoms with van der Waals surface area (Å²) in [5, 5.41) is 3.44. The van der Waals surface area contributed by atoms with Crippen LogP contribution < -0.4 is 10.1 Å². The third kappa shape index (κ3) is 4.34. The molecule has 0 amide bonds. The largest absolute Gasteiger partial charge is 0.493 e. The van der Waals surface area contributed by atoms with Crippen molar-refractivity contribution in [3.05, 3.63) is 28.8 Å². The summed E-state index contributed by atoms with van der Waals surface area (Å²) in [4.78, 5) is 0. The number of ether oxygens (including phenoxy) is 1. The lowest BCUT2D eigenvalue weighted by molar-refractivity contribution is 0.250. The fourth-order valence-corrected chi connectivity index (χ4v) is 1.87. The Balaban J connectivity index is 2.55. The van der Waals surface area contributed by atoms with E-state index in [1.165, 1.54) is 16.7 Å². The van der Waals surface area contributed by atoms with Gasteiger partial charge in [-0.05, 0) is 37.5 Å². The van der Waals surface area contributed by atoms with Gasteiger partial charge in [-0.15, -0.1) is 0 Å². The Hall–Kier alpha value is -1.02. The van der Waals surface area contributed by atoms with Crippen LogP contribution >= 0.6 is 0 Å². The van der Waals surface area contributed by atoms with Crippen LogP contribution in [0.5, 0.6) is 5.75 Å². The van der Waals surface area contributed by atoms with Gasteiger partial charge in [-0.1, -0.05) is 32.9 Å². The van der Waals surface area contributed by atoms with Crippen molar-refractivity contribution >= 4 is 0 Å². The van der Waals surface area contributed by atoms with Crippen LogP contribution in [0.25, 0.3) is 0 Å². The van der Waals surface area contributed by atoms with Gasteiger partial charge in [-0.2, -0.15) is 0 Å². The molecule has 0 aliphatic rings. The van der Waals surface area contributed by atoms with E-state index >= 15 is 0 Å². The van der Waals surface area contributed by atoms with E-state index in [1.807, 2.05) is 0 Å². The maximum atomic E-state index is 6.00. The van der Waals surface area contributed by atoms with Crippen molar-refractivity contribution < 1.29 is 4.74 Å². The van der Waals surface area contributed by atoms with Crippen LogP contribution in [0.2, 0.25) is 0 Å². The Bertz CT molecular complexity index is 385. The van der Waals surface area contributed by atoms with Gasteiger partial charge in [0.15, 0.2) is 0 Å². The smallest absolute Gasteiger partial charge is 0.125 e. The molecule has 0 fully saturated rings. The zero-order chi connectivity index (χ0) is 13.7. The lowest BCUT2D eigenvalue weighted by Gasteiger charge is -2.18. The fourth-order valence-electron chi connectivity index (χ4n) is 1.87. The first-order chi connectivity index (χ1) is 8.41. The minimum atomic E-state index is 0.520. The minimum Gasteiger partial charge on any atom is -0.493 e. The van der Waals surface area contributed by atoms with Crippen LogP contribution in [0.1, 0.15) is 37.5 Å². The van der Waals surface area contributed by atoms with Crippen molar-refractivity contribution in [3.63, 3.8) is 0 Å². The number of hydrogen-bond acceptors (Lipinski definition) is 2. The molecule has 0 aliphatic heterocycles. The molecule has 1 aromatic carbocycles. The first-order valence-electron chi connectivity index (χ1n) is 6.84. The highest BCUT2D eigenvalue weighted by atomic mass is 16.5. The van der Waals surface area contributed by atoms with Crippen LogP contribution in [0, 0.1) is 26.7 Å². The van der Waals surface area contributed by atoms with Crippen molar-refractivity contribution in [3.8, 4) is 5.75 Å².